The van der Waals surface area contributed by atoms with Gasteiger partial charge in [-0.1, -0.05) is 66.9 Å². The van der Waals surface area contributed by atoms with Crippen LogP contribution in [-0.2, 0) is 11.3 Å². The number of piperidine rings is 1. The molecular weight excluding hydrogens is 489 g/mol. The molecule has 1 saturated carbocycles. The molecule has 1 aromatic heterocycles. The summed E-state index contributed by atoms with van der Waals surface area (Å²) in [4.78, 5) is 18.2. The van der Waals surface area contributed by atoms with Crippen LogP contribution < -0.4 is 56.5 Å². The van der Waals surface area contributed by atoms with Gasteiger partial charge in [-0.25, -0.2) is 0 Å². The molecule has 3 aromatic rings. The number of carboxylic acid groups (broad SMARTS) is 1. The largest absolute Gasteiger partial charge is 1.00 e. The molecule has 2 aromatic carbocycles. The normalized spacial score (nSPS) is 18.3. The van der Waals surface area contributed by atoms with Gasteiger partial charge in [0.15, 0.2) is 0 Å². The number of halogens is 1. The van der Waals surface area contributed by atoms with Crippen molar-refractivity contribution in [3.05, 3.63) is 58.6 Å². The molecule has 0 radical (unpaired) electrons. The Morgan fingerprint density at radius 1 is 1.11 bits per heavy atom. The third kappa shape index (κ3) is 6.09. The predicted molar refractivity (Wildman–Crippen MR) is 129 cm³/mol. The van der Waals surface area contributed by atoms with E-state index in [1.165, 1.54) is 36.8 Å². The number of aliphatic carboxylic acids is 1. The van der Waals surface area contributed by atoms with Crippen LogP contribution in [0.3, 0.4) is 0 Å². The zero-order chi connectivity index (χ0) is 23.7. The topological polar surface area (TPSA) is 82.3 Å². The molecule has 5 rings (SSSR count). The Morgan fingerprint density at radius 2 is 1.77 bits per heavy atom. The SMILES string of the molecule is CC1(C(=O)[O-])CCN(Cc2ccc(-c3noc(-c4ccc(C5CCCC5)c(Cl)c4)n3)cc2)CC1.[K+]. The smallest absolute Gasteiger partial charge is 0.550 e. The molecule has 6 nitrogen and oxygen atoms in total. The molecule has 0 unspecified atom stereocenters. The van der Waals surface area contributed by atoms with E-state index in [9.17, 15) is 9.90 Å². The first kappa shape index (κ1) is 27.0. The molecule has 2 aliphatic rings. The molecule has 1 aliphatic heterocycles. The van der Waals surface area contributed by atoms with Gasteiger partial charge in [0.1, 0.15) is 0 Å². The second-order valence-electron chi connectivity index (χ2n) is 9.96. The van der Waals surface area contributed by atoms with Crippen LogP contribution in [0.1, 0.15) is 62.5 Å². The standard InChI is InChI=1S/C27H30ClN3O3.K/c1-27(26(32)33)12-14-31(15-13-27)17-18-6-8-20(9-7-18)24-29-25(34-30-24)21-10-11-22(23(28)16-21)19-4-2-3-5-19;/h6-11,16,19H,2-5,12-15,17H2,1H3,(H,32,33);/q;+1/p-1. The number of nitrogens with zero attached hydrogens (tertiary/aromatic N) is 3. The van der Waals surface area contributed by atoms with E-state index in [2.05, 4.69) is 33.2 Å². The minimum absolute atomic E-state index is 0. The molecule has 0 amide bonds. The van der Waals surface area contributed by atoms with Crippen molar-refractivity contribution in [2.45, 2.75) is 57.9 Å². The summed E-state index contributed by atoms with van der Waals surface area (Å²) in [5.74, 6) is 0.619. The zero-order valence-electron chi connectivity index (χ0n) is 20.4. The van der Waals surface area contributed by atoms with Crippen LogP contribution in [0.15, 0.2) is 47.0 Å². The van der Waals surface area contributed by atoms with Gasteiger partial charge in [-0.3, -0.25) is 4.90 Å². The van der Waals surface area contributed by atoms with Crippen LogP contribution in [0.5, 0.6) is 0 Å². The number of hydrogen-bond acceptors (Lipinski definition) is 6. The van der Waals surface area contributed by atoms with Gasteiger partial charge in [0.05, 0.1) is 0 Å². The van der Waals surface area contributed by atoms with Crippen LogP contribution in [0, 0.1) is 5.41 Å². The van der Waals surface area contributed by atoms with Crippen LogP contribution in [0.2, 0.25) is 5.02 Å². The molecular formula is C27H29ClKN3O3. The molecule has 0 N–H and O–H groups in total. The van der Waals surface area contributed by atoms with E-state index < -0.39 is 11.4 Å². The van der Waals surface area contributed by atoms with Crippen molar-refractivity contribution in [2.75, 3.05) is 13.1 Å². The van der Waals surface area contributed by atoms with Crippen LogP contribution in [0.25, 0.3) is 22.8 Å². The fourth-order valence-corrected chi connectivity index (χ4v) is 5.45. The number of carboxylic acids is 1. The molecule has 0 spiro atoms. The molecule has 8 heteroatoms. The van der Waals surface area contributed by atoms with Gasteiger partial charge in [-0.2, -0.15) is 4.98 Å². The molecule has 1 aliphatic carbocycles. The molecule has 0 atom stereocenters. The maximum absolute atomic E-state index is 11.3. The first-order valence-electron chi connectivity index (χ1n) is 12.1. The van der Waals surface area contributed by atoms with Gasteiger partial charge in [-0.15, -0.1) is 0 Å². The van der Waals surface area contributed by atoms with E-state index in [-0.39, 0.29) is 51.4 Å². The summed E-state index contributed by atoms with van der Waals surface area (Å²) in [6.45, 7) is 4.07. The molecule has 0 bridgehead atoms. The summed E-state index contributed by atoms with van der Waals surface area (Å²) in [6, 6.07) is 14.2. The summed E-state index contributed by atoms with van der Waals surface area (Å²) in [7, 11) is 0. The zero-order valence-corrected chi connectivity index (χ0v) is 24.3. The van der Waals surface area contributed by atoms with Crippen molar-refractivity contribution in [1.29, 1.82) is 0 Å². The van der Waals surface area contributed by atoms with E-state index in [4.69, 9.17) is 16.1 Å². The number of carbonyl (C=O) groups excluding carboxylic acids is 1. The minimum atomic E-state index is -0.942. The Balaban J connectivity index is 0.00000289. The van der Waals surface area contributed by atoms with E-state index >= 15 is 0 Å². The number of hydrogen-bond donors (Lipinski definition) is 0. The third-order valence-electron chi connectivity index (χ3n) is 7.54. The van der Waals surface area contributed by atoms with Crippen molar-refractivity contribution in [2.24, 2.45) is 5.41 Å². The summed E-state index contributed by atoms with van der Waals surface area (Å²) in [5.41, 5.74) is 3.39. The monoisotopic (exact) mass is 517 g/mol. The van der Waals surface area contributed by atoms with Crippen molar-refractivity contribution in [3.63, 3.8) is 0 Å². The van der Waals surface area contributed by atoms with Crippen molar-refractivity contribution in [1.82, 2.24) is 15.0 Å². The van der Waals surface area contributed by atoms with E-state index in [1.807, 2.05) is 24.3 Å². The first-order chi connectivity index (χ1) is 16.4. The molecule has 2 fully saturated rings. The molecule has 1 saturated heterocycles. The van der Waals surface area contributed by atoms with Gasteiger partial charge >= 0.3 is 51.4 Å². The molecule has 2 heterocycles. The van der Waals surface area contributed by atoms with Gasteiger partial charge in [0.2, 0.25) is 5.82 Å². The second kappa shape index (κ2) is 11.5. The number of rotatable bonds is 6. The Morgan fingerprint density at radius 3 is 2.40 bits per heavy atom. The fourth-order valence-electron chi connectivity index (χ4n) is 5.11. The van der Waals surface area contributed by atoms with Gasteiger partial charge in [0, 0.05) is 34.1 Å². The van der Waals surface area contributed by atoms with Crippen LogP contribution in [-0.4, -0.2) is 34.1 Å². The number of carbonyl (C=O) groups is 1. The maximum atomic E-state index is 11.3. The number of benzene rings is 2. The van der Waals surface area contributed by atoms with E-state index in [0.717, 1.165) is 35.8 Å². The summed E-state index contributed by atoms with van der Waals surface area (Å²) in [6.07, 6.45) is 6.19. The third-order valence-corrected chi connectivity index (χ3v) is 7.87. The predicted octanol–water partition coefficient (Wildman–Crippen LogP) is 2.07. The summed E-state index contributed by atoms with van der Waals surface area (Å²) >= 11 is 6.59. The Bertz CT molecular complexity index is 1170. The molecule has 35 heavy (non-hydrogen) atoms. The van der Waals surface area contributed by atoms with E-state index in [1.54, 1.807) is 6.92 Å². The van der Waals surface area contributed by atoms with Crippen LogP contribution in [0.4, 0.5) is 0 Å². The Labute approximate surface area is 253 Å². The second-order valence-corrected chi connectivity index (χ2v) is 10.4. The average molecular weight is 518 g/mol. The Kier molecular flexibility index (Phi) is 8.90. The summed E-state index contributed by atoms with van der Waals surface area (Å²) < 4.78 is 5.53. The number of aromatic nitrogens is 2. The number of likely N-dealkylation sites (tertiary alicyclic amines) is 1. The van der Waals surface area contributed by atoms with Gasteiger partial charge < -0.3 is 14.4 Å². The van der Waals surface area contributed by atoms with Gasteiger partial charge in [0.25, 0.3) is 5.89 Å². The van der Waals surface area contributed by atoms with Crippen molar-refractivity contribution >= 4 is 17.6 Å². The minimum Gasteiger partial charge on any atom is -0.550 e. The fraction of sp³-hybridized carbons (Fsp3) is 0.444. The first-order valence-corrected chi connectivity index (χ1v) is 12.5. The Hall–Kier alpha value is -1.06. The maximum Gasteiger partial charge on any atom is 1.00 e. The average Bonchev–Trinajstić information content (AvgIpc) is 3.54. The van der Waals surface area contributed by atoms with Crippen LogP contribution >= 0.6 is 11.6 Å². The van der Waals surface area contributed by atoms with E-state index in [0.29, 0.717) is 30.5 Å². The van der Waals surface area contributed by atoms with Crippen molar-refractivity contribution in [3.8, 4) is 22.8 Å². The van der Waals surface area contributed by atoms with Gasteiger partial charge in [-0.05, 0) is 68.0 Å². The summed E-state index contributed by atoms with van der Waals surface area (Å²) in [5, 5.41) is 16.3. The molecule has 178 valence electrons. The quantitative estimate of drug-likeness (QED) is 0.466. The van der Waals surface area contributed by atoms with Crippen molar-refractivity contribution < 1.29 is 65.8 Å².